The van der Waals surface area contributed by atoms with Gasteiger partial charge < -0.3 is 5.32 Å². The second-order valence-corrected chi connectivity index (χ2v) is 5.91. The predicted octanol–water partition coefficient (Wildman–Crippen LogP) is 1.92. The van der Waals surface area contributed by atoms with Gasteiger partial charge in [0.2, 0.25) is 0 Å². The van der Waals surface area contributed by atoms with Crippen LogP contribution in [0.5, 0.6) is 0 Å². The zero-order chi connectivity index (χ0) is 14.7. The highest BCUT2D eigenvalue weighted by molar-refractivity contribution is 7.13. The van der Waals surface area contributed by atoms with Crippen molar-refractivity contribution >= 4 is 11.3 Å². The van der Waals surface area contributed by atoms with Gasteiger partial charge in [-0.15, -0.1) is 11.3 Å². The third-order valence-corrected chi connectivity index (χ3v) is 4.10. The number of aryl methyl sites for hydroxylation is 1. The van der Waals surface area contributed by atoms with Crippen LogP contribution in [-0.2, 0) is 20.1 Å². The number of nitrogens with zero attached hydrogens (tertiary/aromatic N) is 5. The molecule has 3 aromatic heterocycles. The normalized spacial score (nSPS) is 12.7. The third kappa shape index (κ3) is 3.56. The molecule has 0 fully saturated rings. The number of hydrogen-bond acceptors (Lipinski definition) is 5. The summed E-state index contributed by atoms with van der Waals surface area (Å²) in [7, 11) is 1.91. The molecule has 0 amide bonds. The Labute approximate surface area is 127 Å². The van der Waals surface area contributed by atoms with Gasteiger partial charge >= 0.3 is 0 Å². The molecule has 3 aromatic rings. The molecule has 0 radical (unpaired) electrons. The first-order valence-electron chi connectivity index (χ1n) is 6.85. The highest BCUT2D eigenvalue weighted by Gasteiger charge is 2.08. The largest absolute Gasteiger partial charge is 0.307 e. The first-order valence-corrected chi connectivity index (χ1v) is 7.73. The van der Waals surface area contributed by atoms with Crippen molar-refractivity contribution in [3.63, 3.8) is 0 Å². The van der Waals surface area contributed by atoms with E-state index in [1.807, 2.05) is 36.4 Å². The van der Waals surface area contributed by atoms with Crippen molar-refractivity contribution in [3.05, 3.63) is 41.9 Å². The second-order valence-electron chi connectivity index (χ2n) is 5.06. The molecule has 110 valence electrons. The maximum Gasteiger partial charge on any atom is 0.126 e. The predicted molar refractivity (Wildman–Crippen MR) is 82.8 cm³/mol. The first kappa shape index (κ1) is 14.0. The van der Waals surface area contributed by atoms with Crippen LogP contribution in [-0.4, -0.2) is 30.6 Å². The number of thiazole rings is 1. The van der Waals surface area contributed by atoms with E-state index in [1.165, 1.54) is 0 Å². The minimum Gasteiger partial charge on any atom is -0.307 e. The van der Waals surface area contributed by atoms with Gasteiger partial charge in [-0.1, -0.05) is 0 Å². The lowest BCUT2D eigenvalue weighted by atomic mass is 10.3. The van der Waals surface area contributed by atoms with Gasteiger partial charge in [0, 0.05) is 49.2 Å². The minimum atomic E-state index is 0.341. The van der Waals surface area contributed by atoms with Crippen molar-refractivity contribution in [2.45, 2.75) is 26.1 Å². The van der Waals surface area contributed by atoms with Crippen molar-refractivity contribution in [3.8, 4) is 10.6 Å². The third-order valence-electron chi connectivity index (χ3n) is 3.16. The Bertz CT molecular complexity index is 684. The zero-order valence-electron chi connectivity index (χ0n) is 12.1. The van der Waals surface area contributed by atoms with Crippen LogP contribution in [0.15, 0.2) is 36.2 Å². The molecule has 0 aliphatic heterocycles. The number of aromatic nitrogens is 5. The molecule has 0 saturated heterocycles. The van der Waals surface area contributed by atoms with E-state index in [0.29, 0.717) is 6.04 Å². The van der Waals surface area contributed by atoms with Crippen LogP contribution < -0.4 is 5.32 Å². The highest BCUT2D eigenvalue weighted by Crippen LogP contribution is 2.22. The van der Waals surface area contributed by atoms with Crippen molar-refractivity contribution in [2.75, 3.05) is 0 Å². The second kappa shape index (κ2) is 6.19. The van der Waals surface area contributed by atoms with Gasteiger partial charge in [0.15, 0.2) is 0 Å². The van der Waals surface area contributed by atoms with E-state index in [-0.39, 0.29) is 0 Å². The summed E-state index contributed by atoms with van der Waals surface area (Å²) >= 11 is 1.65. The van der Waals surface area contributed by atoms with Crippen molar-refractivity contribution in [2.24, 2.45) is 7.05 Å². The molecule has 1 N–H and O–H groups in total. The molecule has 1 atom stereocenters. The van der Waals surface area contributed by atoms with E-state index < -0.39 is 0 Å². The number of hydrogen-bond donors (Lipinski definition) is 1. The monoisotopic (exact) mass is 302 g/mol. The van der Waals surface area contributed by atoms with E-state index in [2.05, 4.69) is 32.8 Å². The van der Waals surface area contributed by atoms with Gasteiger partial charge in [-0.25, -0.2) is 4.98 Å². The van der Waals surface area contributed by atoms with Crippen molar-refractivity contribution in [1.82, 2.24) is 29.9 Å². The summed E-state index contributed by atoms with van der Waals surface area (Å²) in [5.41, 5.74) is 2.13. The van der Waals surface area contributed by atoms with Crippen LogP contribution in [0.1, 0.15) is 12.6 Å². The molecule has 3 rings (SSSR count). The average molecular weight is 302 g/mol. The fraction of sp³-hybridized carbons (Fsp3) is 0.357. The first-order chi connectivity index (χ1) is 10.2. The Morgan fingerprint density at radius 1 is 1.38 bits per heavy atom. The van der Waals surface area contributed by atoms with Crippen LogP contribution in [0.25, 0.3) is 10.6 Å². The molecule has 21 heavy (non-hydrogen) atoms. The Balaban J connectivity index is 1.55. The summed E-state index contributed by atoms with van der Waals surface area (Å²) in [6.45, 7) is 3.77. The van der Waals surface area contributed by atoms with Gasteiger partial charge in [-0.3, -0.25) is 9.36 Å². The van der Waals surface area contributed by atoms with Gasteiger partial charge in [-0.05, 0) is 13.0 Å². The molecule has 0 unspecified atom stereocenters. The summed E-state index contributed by atoms with van der Waals surface area (Å²) in [4.78, 5) is 4.64. The van der Waals surface area contributed by atoms with Gasteiger partial charge in [-0.2, -0.15) is 10.2 Å². The van der Waals surface area contributed by atoms with E-state index in [0.717, 1.165) is 29.4 Å². The number of nitrogens with one attached hydrogen (secondary N) is 1. The topological polar surface area (TPSA) is 60.6 Å². The molecule has 6 nitrogen and oxygen atoms in total. The lowest BCUT2D eigenvalue weighted by molar-refractivity contribution is 0.449. The SMILES string of the molecule is C[C@H](Cn1cccn1)NCc1csc(-c2cnn(C)c2)n1. The molecule has 3 heterocycles. The molecule has 0 saturated carbocycles. The Morgan fingerprint density at radius 2 is 2.29 bits per heavy atom. The molecule has 0 aromatic carbocycles. The summed E-state index contributed by atoms with van der Waals surface area (Å²) in [5, 5.41) is 15.0. The molecule has 7 heteroatoms. The fourth-order valence-corrected chi connectivity index (χ4v) is 2.88. The van der Waals surface area contributed by atoms with Crippen molar-refractivity contribution in [1.29, 1.82) is 0 Å². The summed E-state index contributed by atoms with van der Waals surface area (Å²) in [6, 6.07) is 2.28. The Kier molecular flexibility index (Phi) is 4.12. The molecule has 0 aliphatic rings. The molecule has 0 bridgehead atoms. The summed E-state index contributed by atoms with van der Waals surface area (Å²) in [5.74, 6) is 0. The zero-order valence-corrected chi connectivity index (χ0v) is 12.9. The van der Waals surface area contributed by atoms with Crippen LogP contribution in [0, 0.1) is 0 Å². The molecule has 0 aliphatic carbocycles. The lowest BCUT2D eigenvalue weighted by Gasteiger charge is -2.12. The van der Waals surface area contributed by atoms with Crippen molar-refractivity contribution < 1.29 is 0 Å². The fourth-order valence-electron chi connectivity index (χ4n) is 2.08. The molecular weight excluding hydrogens is 284 g/mol. The maximum atomic E-state index is 4.64. The average Bonchev–Trinajstić information content (AvgIpc) is 3.17. The van der Waals surface area contributed by atoms with Crippen LogP contribution in [0.3, 0.4) is 0 Å². The Morgan fingerprint density at radius 3 is 3.00 bits per heavy atom. The van der Waals surface area contributed by atoms with Gasteiger partial charge in [0.05, 0.1) is 18.4 Å². The lowest BCUT2D eigenvalue weighted by Crippen LogP contribution is -2.30. The maximum absolute atomic E-state index is 4.64. The minimum absolute atomic E-state index is 0.341. The standard InChI is InChI=1S/C14H18N6S/c1-11(8-20-5-3-4-16-20)15-7-13-10-21-14(18-13)12-6-17-19(2)9-12/h3-6,9-11,15H,7-8H2,1-2H3/t11-/m1/s1. The van der Waals surface area contributed by atoms with E-state index in [4.69, 9.17) is 0 Å². The molecule has 0 spiro atoms. The van der Waals surface area contributed by atoms with E-state index in [1.54, 1.807) is 22.2 Å². The van der Waals surface area contributed by atoms with Gasteiger partial charge in [0.1, 0.15) is 5.01 Å². The summed E-state index contributed by atoms with van der Waals surface area (Å²) in [6.07, 6.45) is 7.60. The van der Waals surface area contributed by atoms with Crippen LogP contribution in [0.2, 0.25) is 0 Å². The Hall–Kier alpha value is -1.99. The van der Waals surface area contributed by atoms with E-state index >= 15 is 0 Å². The van der Waals surface area contributed by atoms with Gasteiger partial charge in [0.25, 0.3) is 0 Å². The molecular formula is C14H18N6S. The van der Waals surface area contributed by atoms with Crippen LogP contribution in [0.4, 0.5) is 0 Å². The number of rotatable bonds is 6. The highest BCUT2D eigenvalue weighted by atomic mass is 32.1. The van der Waals surface area contributed by atoms with E-state index in [9.17, 15) is 0 Å². The smallest absolute Gasteiger partial charge is 0.126 e. The quantitative estimate of drug-likeness (QED) is 0.756. The summed E-state index contributed by atoms with van der Waals surface area (Å²) < 4.78 is 3.72. The van der Waals surface area contributed by atoms with Crippen LogP contribution >= 0.6 is 11.3 Å².